The van der Waals surface area contributed by atoms with E-state index in [-0.39, 0.29) is 18.0 Å². The fourth-order valence-corrected chi connectivity index (χ4v) is 2.52. The van der Waals surface area contributed by atoms with Gasteiger partial charge in [0.1, 0.15) is 5.82 Å². The highest BCUT2D eigenvalue weighted by Gasteiger charge is 2.24. The molecule has 0 bridgehead atoms. The van der Waals surface area contributed by atoms with E-state index in [1.54, 1.807) is 19.2 Å². The first-order valence-corrected chi connectivity index (χ1v) is 7.18. The van der Waals surface area contributed by atoms with Crippen LogP contribution in [0.1, 0.15) is 37.0 Å². The summed E-state index contributed by atoms with van der Waals surface area (Å²) in [5.74, 6) is 0.797. The lowest BCUT2D eigenvalue weighted by Crippen LogP contribution is -2.39. The molecule has 5 heteroatoms. The molecule has 2 rings (SSSR count). The number of aromatic nitrogens is 1. The number of ether oxygens (including phenoxy) is 1. The van der Waals surface area contributed by atoms with E-state index >= 15 is 0 Å². The molecule has 1 aliphatic rings. The quantitative estimate of drug-likeness (QED) is 0.852. The number of carbonyl (C=O) groups is 1. The van der Waals surface area contributed by atoms with E-state index in [9.17, 15) is 9.90 Å². The molecule has 1 aromatic rings. The average molecular weight is 278 g/mol. The number of aliphatic hydroxyl groups excluding tert-OH is 1. The Labute approximate surface area is 119 Å². The molecule has 0 radical (unpaired) electrons. The number of hydrogen-bond donors (Lipinski definition) is 1. The van der Waals surface area contributed by atoms with Crippen molar-refractivity contribution in [3.05, 3.63) is 23.9 Å². The Morgan fingerprint density at radius 3 is 3.00 bits per heavy atom. The largest absolute Gasteiger partial charge is 0.462 e. The number of carbonyl (C=O) groups excluding carboxylic acids is 1. The van der Waals surface area contributed by atoms with Crippen LogP contribution in [0.2, 0.25) is 0 Å². The van der Waals surface area contributed by atoms with E-state index < -0.39 is 0 Å². The van der Waals surface area contributed by atoms with Crippen LogP contribution in [0.5, 0.6) is 0 Å². The smallest absolute Gasteiger partial charge is 0.339 e. The van der Waals surface area contributed by atoms with Gasteiger partial charge in [0.15, 0.2) is 0 Å². The van der Waals surface area contributed by atoms with Gasteiger partial charge in [-0.2, -0.15) is 0 Å². The normalized spacial score (nSPS) is 20.6. The number of aliphatic hydroxyl groups is 1. The third kappa shape index (κ3) is 3.48. The molecule has 1 N–H and O–H groups in total. The lowest BCUT2D eigenvalue weighted by molar-refractivity contribution is 0.0526. The van der Waals surface area contributed by atoms with Gasteiger partial charge in [0.05, 0.1) is 18.3 Å². The summed E-state index contributed by atoms with van der Waals surface area (Å²) in [5, 5.41) is 9.71. The maximum Gasteiger partial charge on any atom is 0.339 e. The van der Waals surface area contributed by atoms with Crippen LogP contribution in [-0.4, -0.2) is 41.9 Å². The summed E-state index contributed by atoms with van der Waals surface area (Å²) in [6.07, 6.45) is 3.36. The van der Waals surface area contributed by atoms with Crippen LogP contribution in [0.25, 0.3) is 0 Å². The molecule has 2 atom stereocenters. The van der Waals surface area contributed by atoms with Crippen LogP contribution >= 0.6 is 0 Å². The van der Waals surface area contributed by atoms with E-state index in [4.69, 9.17) is 4.74 Å². The third-order valence-electron chi connectivity index (χ3n) is 3.72. The van der Waals surface area contributed by atoms with Gasteiger partial charge in [0.25, 0.3) is 0 Å². The molecule has 2 heterocycles. The molecule has 110 valence electrons. The predicted molar refractivity (Wildman–Crippen MR) is 76.8 cm³/mol. The fraction of sp³-hybridized carbons (Fsp3) is 0.600. The summed E-state index contributed by atoms with van der Waals surface area (Å²) >= 11 is 0. The van der Waals surface area contributed by atoms with Gasteiger partial charge < -0.3 is 14.7 Å². The first kappa shape index (κ1) is 14.8. The van der Waals surface area contributed by atoms with E-state index in [1.807, 2.05) is 13.0 Å². The zero-order chi connectivity index (χ0) is 14.5. The van der Waals surface area contributed by atoms with Gasteiger partial charge in [-0.25, -0.2) is 9.78 Å². The van der Waals surface area contributed by atoms with Crippen molar-refractivity contribution in [3.63, 3.8) is 0 Å². The second kappa shape index (κ2) is 6.70. The lowest BCUT2D eigenvalue weighted by Gasteiger charge is -2.34. The molecule has 20 heavy (non-hydrogen) atoms. The molecule has 2 unspecified atom stereocenters. The highest BCUT2D eigenvalue weighted by molar-refractivity contribution is 5.89. The molecule has 1 aromatic heterocycles. The summed E-state index contributed by atoms with van der Waals surface area (Å²) in [7, 11) is 0. The first-order chi connectivity index (χ1) is 9.61. The number of anilines is 1. The van der Waals surface area contributed by atoms with E-state index in [0.29, 0.717) is 12.2 Å². The summed E-state index contributed by atoms with van der Waals surface area (Å²) < 4.78 is 4.94. The van der Waals surface area contributed by atoms with Crippen LogP contribution in [-0.2, 0) is 4.74 Å². The summed E-state index contributed by atoms with van der Waals surface area (Å²) in [5.41, 5.74) is 0.472. The van der Waals surface area contributed by atoms with Crippen molar-refractivity contribution >= 4 is 11.8 Å². The number of piperidine rings is 1. The number of hydrogen-bond acceptors (Lipinski definition) is 5. The Hall–Kier alpha value is -1.62. The van der Waals surface area contributed by atoms with E-state index in [1.165, 1.54) is 0 Å². The monoisotopic (exact) mass is 278 g/mol. The van der Waals surface area contributed by atoms with Crippen molar-refractivity contribution in [2.45, 2.75) is 32.8 Å². The number of esters is 1. The standard InChI is InChI=1S/C15H22N2O3/c1-3-20-15(19)12-6-7-14(16-9-12)17-8-4-5-13(10-17)11(2)18/h6-7,9,11,13,18H,3-5,8,10H2,1-2H3. The molecular formula is C15H22N2O3. The average Bonchev–Trinajstić information content (AvgIpc) is 2.48. The molecule has 0 spiro atoms. The van der Waals surface area contributed by atoms with Crippen molar-refractivity contribution in [2.75, 3.05) is 24.6 Å². The van der Waals surface area contributed by atoms with E-state index in [2.05, 4.69) is 9.88 Å². The van der Waals surface area contributed by atoms with Crippen molar-refractivity contribution in [1.82, 2.24) is 4.98 Å². The van der Waals surface area contributed by atoms with Gasteiger partial charge in [-0.05, 0) is 38.8 Å². The second-order valence-electron chi connectivity index (χ2n) is 5.21. The minimum atomic E-state index is -0.341. The number of nitrogens with zero attached hydrogens (tertiary/aromatic N) is 2. The molecular weight excluding hydrogens is 256 g/mol. The van der Waals surface area contributed by atoms with Crippen LogP contribution in [0.3, 0.4) is 0 Å². The third-order valence-corrected chi connectivity index (χ3v) is 3.72. The van der Waals surface area contributed by atoms with Crippen LogP contribution in [0.4, 0.5) is 5.82 Å². The molecule has 0 aromatic carbocycles. The summed E-state index contributed by atoms with van der Waals surface area (Å²) in [4.78, 5) is 18.1. The summed E-state index contributed by atoms with van der Waals surface area (Å²) in [6.45, 7) is 5.73. The van der Waals surface area contributed by atoms with Gasteiger partial charge >= 0.3 is 5.97 Å². The maximum absolute atomic E-state index is 11.6. The first-order valence-electron chi connectivity index (χ1n) is 7.18. The van der Waals surface area contributed by atoms with Crippen molar-refractivity contribution < 1.29 is 14.6 Å². The molecule has 0 saturated carbocycles. The fourth-order valence-electron chi connectivity index (χ4n) is 2.52. The topological polar surface area (TPSA) is 62.7 Å². The highest BCUT2D eigenvalue weighted by Crippen LogP contribution is 2.23. The maximum atomic E-state index is 11.6. The van der Waals surface area contributed by atoms with E-state index in [0.717, 1.165) is 31.7 Å². The zero-order valence-electron chi connectivity index (χ0n) is 12.1. The summed E-state index contributed by atoms with van der Waals surface area (Å²) in [6, 6.07) is 3.59. The minimum Gasteiger partial charge on any atom is -0.462 e. The Balaban J connectivity index is 2.04. The van der Waals surface area contributed by atoms with Crippen molar-refractivity contribution in [2.24, 2.45) is 5.92 Å². The molecule has 1 fully saturated rings. The zero-order valence-corrected chi connectivity index (χ0v) is 12.1. The lowest BCUT2D eigenvalue weighted by atomic mass is 9.93. The number of pyridine rings is 1. The van der Waals surface area contributed by atoms with Crippen molar-refractivity contribution in [1.29, 1.82) is 0 Å². The Morgan fingerprint density at radius 2 is 2.40 bits per heavy atom. The molecule has 0 aliphatic carbocycles. The van der Waals surface area contributed by atoms with Crippen LogP contribution in [0.15, 0.2) is 18.3 Å². The molecule has 1 saturated heterocycles. The molecule has 0 amide bonds. The Kier molecular flexibility index (Phi) is 4.95. The Morgan fingerprint density at radius 1 is 1.60 bits per heavy atom. The van der Waals surface area contributed by atoms with Gasteiger partial charge in [-0.15, -0.1) is 0 Å². The van der Waals surface area contributed by atoms with Gasteiger partial charge in [0, 0.05) is 25.2 Å². The highest BCUT2D eigenvalue weighted by atomic mass is 16.5. The number of rotatable bonds is 4. The minimum absolute atomic E-state index is 0.287. The van der Waals surface area contributed by atoms with Gasteiger partial charge in [-0.3, -0.25) is 0 Å². The predicted octanol–water partition coefficient (Wildman–Crippen LogP) is 1.86. The van der Waals surface area contributed by atoms with Crippen LogP contribution < -0.4 is 4.90 Å². The van der Waals surface area contributed by atoms with Crippen molar-refractivity contribution in [3.8, 4) is 0 Å². The van der Waals surface area contributed by atoms with Gasteiger partial charge in [-0.1, -0.05) is 0 Å². The molecule has 1 aliphatic heterocycles. The molecule has 5 nitrogen and oxygen atoms in total. The second-order valence-corrected chi connectivity index (χ2v) is 5.21. The van der Waals surface area contributed by atoms with Crippen LogP contribution in [0, 0.1) is 5.92 Å². The SMILES string of the molecule is CCOC(=O)c1ccc(N2CCCC(C(C)O)C2)nc1. The Bertz CT molecular complexity index is 445. The van der Waals surface area contributed by atoms with Gasteiger partial charge in [0.2, 0.25) is 0 Å².